The van der Waals surface area contributed by atoms with Crippen LogP contribution in [0.5, 0.6) is 0 Å². The minimum absolute atomic E-state index is 0.390. The third kappa shape index (κ3) is 4.53. The molecular formula is C15H20ClNO3. The van der Waals surface area contributed by atoms with Gasteiger partial charge in [-0.2, -0.15) is 0 Å². The van der Waals surface area contributed by atoms with Gasteiger partial charge >= 0.3 is 6.09 Å². The van der Waals surface area contributed by atoms with Gasteiger partial charge in [0.2, 0.25) is 0 Å². The summed E-state index contributed by atoms with van der Waals surface area (Å²) < 4.78 is 5.17. The molecule has 1 aromatic rings. The molecular weight excluding hydrogens is 278 g/mol. The molecule has 1 N–H and O–H groups in total. The minimum Gasteiger partial charge on any atom is -0.444 e. The monoisotopic (exact) mass is 297 g/mol. The lowest BCUT2D eigenvalue weighted by atomic mass is 9.86. The van der Waals surface area contributed by atoms with Crippen molar-refractivity contribution in [2.45, 2.75) is 45.6 Å². The smallest absolute Gasteiger partial charge is 0.412 e. The first-order chi connectivity index (χ1) is 9.05. The standard InChI is InChI=1S/C15H20ClNO3/c1-14(2,3)20-13(19)17-12-8-10(6-7-11(12)16)15(4,5)9-18/h6-9H,1-5H3,(H,17,19). The maximum Gasteiger partial charge on any atom is 0.412 e. The van der Waals surface area contributed by atoms with E-state index in [4.69, 9.17) is 16.3 Å². The third-order valence-electron chi connectivity index (χ3n) is 2.64. The van der Waals surface area contributed by atoms with Crippen LogP contribution in [-0.4, -0.2) is 18.0 Å². The quantitative estimate of drug-likeness (QED) is 0.852. The Morgan fingerprint density at radius 1 is 1.25 bits per heavy atom. The maximum absolute atomic E-state index is 11.7. The van der Waals surface area contributed by atoms with Gasteiger partial charge in [0.1, 0.15) is 11.9 Å². The van der Waals surface area contributed by atoms with Gasteiger partial charge in [-0.3, -0.25) is 5.32 Å². The summed E-state index contributed by atoms with van der Waals surface area (Å²) in [7, 11) is 0. The Morgan fingerprint density at radius 3 is 2.35 bits per heavy atom. The zero-order valence-corrected chi connectivity index (χ0v) is 13.2. The van der Waals surface area contributed by atoms with Crippen LogP contribution < -0.4 is 5.32 Å². The molecule has 0 spiro atoms. The molecule has 20 heavy (non-hydrogen) atoms. The lowest BCUT2D eigenvalue weighted by molar-refractivity contribution is -0.111. The molecule has 0 fully saturated rings. The number of amides is 1. The fourth-order valence-electron chi connectivity index (χ4n) is 1.50. The van der Waals surface area contributed by atoms with Crippen molar-refractivity contribution in [2.75, 3.05) is 5.32 Å². The molecule has 0 aliphatic heterocycles. The Balaban J connectivity index is 2.98. The lowest BCUT2D eigenvalue weighted by Crippen LogP contribution is -2.27. The average molecular weight is 298 g/mol. The number of anilines is 1. The number of carbonyl (C=O) groups is 2. The highest BCUT2D eigenvalue weighted by Crippen LogP contribution is 2.29. The van der Waals surface area contributed by atoms with Crippen molar-refractivity contribution in [3.8, 4) is 0 Å². The summed E-state index contributed by atoms with van der Waals surface area (Å²) in [5, 5.41) is 2.98. The highest BCUT2D eigenvalue weighted by molar-refractivity contribution is 6.33. The van der Waals surface area contributed by atoms with Crippen LogP contribution in [0.3, 0.4) is 0 Å². The molecule has 0 aromatic heterocycles. The topological polar surface area (TPSA) is 55.4 Å². The van der Waals surface area contributed by atoms with Crippen LogP contribution in [0.15, 0.2) is 18.2 Å². The molecule has 0 aliphatic rings. The van der Waals surface area contributed by atoms with E-state index >= 15 is 0 Å². The second-order valence-electron chi connectivity index (χ2n) is 6.16. The summed E-state index contributed by atoms with van der Waals surface area (Å²) in [5.74, 6) is 0. The molecule has 0 saturated heterocycles. The zero-order valence-electron chi connectivity index (χ0n) is 12.4. The molecule has 1 amide bonds. The summed E-state index contributed by atoms with van der Waals surface area (Å²) in [6, 6.07) is 5.09. The van der Waals surface area contributed by atoms with Gasteiger partial charge in [-0.1, -0.05) is 17.7 Å². The molecule has 1 rings (SSSR count). The molecule has 110 valence electrons. The number of nitrogens with one attached hydrogen (secondary N) is 1. The molecule has 0 aliphatic carbocycles. The normalized spacial score (nSPS) is 11.9. The number of halogens is 1. The van der Waals surface area contributed by atoms with Gasteiger partial charge in [-0.05, 0) is 52.3 Å². The number of hydrogen-bond donors (Lipinski definition) is 1. The highest BCUT2D eigenvalue weighted by atomic mass is 35.5. The number of carbonyl (C=O) groups excluding carboxylic acids is 2. The molecule has 0 heterocycles. The molecule has 0 saturated carbocycles. The molecule has 5 heteroatoms. The van der Waals surface area contributed by atoms with Crippen molar-refractivity contribution in [2.24, 2.45) is 0 Å². The van der Waals surface area contributed by atoms with Crippen LogP contribution in [0.2, 0.25) is 5.02 Å². The minimum atomic E-state index is -0.644. The van der Waals surface area contributed by atoms with E-state index in [0.717, 1.165) is 11.8 Å². The fraction of sp³-hybridized carbons (Fsp3) is 0.467. The van der Waals surface area contributed by atoms with Crippen molar-refractivity contribution >= 4 is 29.7 Å². The molecule has 1 aromatic carbocycles. The Bertz CT molecular complexity index is 518. The van der Waals surface area contributed by atoms with Gasteiger partial charge in [0.05, 0.1) is 10.7 Å². The Labute approximate surface area is 124 Å². The van der Waals surface area contributed by atoms with E-state index in [1.807, 2.05) is 0 Å². The average Bonchev–Trinajstić information content (AvgIpc) is 2.29. The van der Waals surface area contributed by atoms with E-state index < -0.39 is 17.1 Å². The third-order valence-corrected chi connectivity index (χ3v) is 2.97. The molecule has 0 radical (unpaired) electrons. The van der Waals surface area contributed by atoms with Crippen molar-refractivity contribution in [1.82, 2.24) is 0 Å². The number of ether oxygens (including phenoxy) is 1. The van der Waals surface area contributed by atoms with Crippen LogP contribution in [-0.2, 0) is 14.9 Å². The first-order valence-corrected chi connectivity index (χ1v) is 6.69. The first-order valence-electron chi connectivity index (χ1n) is 6.31. The highest BCUT2D eigenvalue weighted by Gasteiger charge is 2.22. The van der Waals surface area contributed by atoms with Gasteiger partial charge in [0.15, 0.2) is 0 Å². The van der Waals surface area contributed by atoms with E-state index in [2.05, 4.69) is 5.32 Å². The van der Waals surface area contributed by atoms with E-state index in [0.29, 0.717) is 10.7 Å². The summed E-state index contributed by atoms with van der Waals surface area (Å²) in [6.07, 6.45) is 0.272. The van der Waals surface area contributed by atoms with E-state index in [1.165, 1.54) is 0 Å². The predicted octanol–water partition coefficient (Wildman–Crippen LogP) is 4.16. The molecule has 0 atom stereocenters. The second kappa shape index (κ2) is 5.83. The van der Waals surface area contributed by atoms with Crippen molar-refractivity contribution in [3.05, 3.63) is 28.8 Å². The lowest BCUT2D eigenvalue weighted by Gasteiger charge is -2.21. The Hall–Kier alpha value is -1.55. The zero-order chi connectivity index (χ0) is 15.6. The molecule has 0 bridgehead atoms. The number of hydrogen-bond acceptors (Lipinski definition) is 3. The number of benzene rings is 1. The maximum atomic E-state index is 11.7. The van der Waals surface area contributed by atoms with Crippen LogP contribution in [0, 0.1) is 0 Å². The Kier molecular flexibility index (Phi) is 4.81. The Morgan fingerprint density at radius 2 is 1.85 bits per heavy atom. The van der Waals surface area contributed by atoms with Gasteiger partial charge < -0.3 is 9.53 Å². The first kappa shape index (κ1) is 16.5. The molecule has 4 nitrogen and oxygen atoms in total. The largest absolute Gasteiger partial charge is 0.444 e. The molecule has 0 unspecified atom stereocenters. The van der Waals surface area contributed by atoms with Gasteiger partial charge in [0, 0.05) is 5.41 Å². The summed E-state index contributed by atoms with van der Waals surface area (Å²) in [4.78, 5) is 22.8. The van der Waals surface area contributed by atoms with E-state index in [9.17, 15) is 9.59 Å². The fourth-order valence-corrected chi connectivity index (χ4v) is 1.67. The van der Waals surface area contributed by atoms with Crippen LogP contribution in [0.4, 0.5) is 10.5 Å². The van der Waals surface area contributed by atoms with Crippen LogP contribution in [0.25, 0.3) is 0 Å². The summed E-state index contributed by atoms with van der Waals surface area (Å²) >= 11 is 6.05. The summed E-state index contributed by atoms with van der Waals surface area (Å²) in [6.45, 7) is 8.92. The van der Waals surface area contributed by atoms with Gasteiger partial charge in [-0.25, -0.2) is 4.79 Å². The van der Waals surface area contributed by atoms with Crippen molar-refractivity contribution in [1.29, 1.82) is 0 Å². The van der Waals surface area contributed by atoms with Gasteiger partial charge in [-0.15, -0.1) is 0 Å². The van der Waals surface area contributed by atoms with Gasteiger partial charge in [0.25, 0.3) is 0 Å². The predicted molar refractivity (Wildman–Crippen MR) is 80.4 cm³/mol. The van der Waals surface area contributed by atoms with Crippen LogP contribution in [0.1, 0.15) is 40.2 Å². The SMILES string of the molecule is CC(C)(C)OC(=O)Nc1cc(C(C)(C)C=O)ccc1Cl. The van der Waals surface area contributed by atoms with E-state index in [-0.39, 0.29) is 0 Å². The second-order valence-corrected chi connectivity index (χ2v) is 6.57. The number of rotatable bonds is 3. The van der Waals surface area contributed by atoms with E-state index in [1.54, 1.807) is 52.8 Å². The van der Waals surface area contributed by atoms with Crippen molar-refractivity contribution in [3.63, 3.8) is 0 Å². The van der Waals surface area contributed by atoms with Crippen LogP contribution >= 0.6 is 11.6 Å². The summed E-state index contributed by atoms with van der Waals surface area (Å²) in [5.41, 5.74) is -0.0399. The van der Waals surface area contributed by atoms with Crippen molar-refractivity contribution < 1.29 is 14.3 Å². The number of aldehydes is 1.